The number of hydrazine groups is 1. The lowest BCUT2D eigenvalue weighted by molar-refractivity contribution is 0.101. The van der Waals surface area contributed by atoms with Crippen molar-refractivity contribution in [1.29, 1.82) is 0 Å². The summed E-state index contributed by atoms with van der Waals surface area (Å²) in [5.74, 6) is -0.0216. The van der Waals surface area contributed by atoms with Crippen LogP contribution in [-0.2, 0) is 16.4 Å². The van der Waals surface area contributed by atoms with Gasteiger partial charge in [0.1, 0.15) is 0 Å². The fourth-order valence-corrected chi connectivity index (χ4v) is 5.30. The summed E-state index contributed by atoms with van der Waals surface area (Å²) in [6, 6.07) is 14.3. The van der Waals surface area contributed by atoms with Gasteiger partial charge >= 0.3 is 0 Å². The Hall–Kier alpha value is -2.69. The second-order valence-corrected chi connectivity index (χ2v) is 10.1. The number of nitrogens with one attached hydrogen (secondary N) is 2. The first kappa shape index (κ1) is 25.9. The van der Waals surface area contributed by atoms with Crippen LogP contribution in [0.15, 0.2) is 65.7 Å². The molecule has 8 nitrogen and oxygen atoms in total. The first-order valence-electron chi connectivity index (χ1n) is 10.4. The van der Waals surface area contributed by atoms with Gasteiger partial charge in [0.25, 0.3) is 10.0 Å². The van der Waals surface area contributed by atoms with Crippen LogP contribution in [-0.4, -0.2) is 31.9 Å². The number of aromatic nitrogens is 1. The fraction of sp³-hybridized carbons (Fsp3) is 0.217. The van der Waals surface area contributed by atoms with E-state index in [1.165, 1.54) is 25.3 Å². The lowest BCUT2D eigenvalue weighted by Crippen LogP contribution is -2.50. The van der Waals surface area contributed by atoms with Gasteiger partial charge < -0.3 is 11.1 Å². The number of nitrogens with two attached hydrogens (primary N) is 1. The Morgan fingerprint density at radius 2 is 1.82 bits per heavy atom. The van der Waals surface area contributed by atoms with Crippen molar-refractivity contribution in [3.63, 3.8) is 0 Å². The number of anilines is 2. The predicted molar refractivity (Wildman–Crippen MR) is 136 cm³/mol. The van der Waals surface area contributed by atoms with Gasteiger partial charge in [-0.15, -0.1) is 0 Å². The minimum atomic E-state index is -4.13. The van der Waals surface area contributed by atoms with Crippen LogP contribution in [0.3, 0.4) is 0 Å². The number of carbonyl (C=O) groups is 1. The summed E-state index contributed by atoms with van der Waals surface area (Å²) < 4.78 is 28.6. The third kappa shape index (κ3) is 6.05. The van der Waals surface area contributed by atoms with Crippen molar-refractivity contribution in [3.05, 3.63) is 82.0 Å². The van der Waals surface area contributed by atoms with E-state index in [4.69, 9.17) is 28.9 Å². The predicted octanol–water partition coefficient (Wildman–Crippen LogP) is 4.25. The molecular formula is C23H25Cl2N5O3S. The van der Waals surface area contributed by atoms with Crippen LogP contribution in [0.1, 0.15) is 29.8 Å². The summed E-state index contributed by atoms with van der Waals surface area (Å²) in [5, 5.41) is 3.96. The van der Waals surface area contributed by atoms with E-state index in [1.54, 1.807) is 49.4 Å². The lowest BCUT2D eigenvalue weighted by Gasteiger charge is -2.29. The number of benzene rings is 2. The maximum Gasteiger partial charge on any atom is 0.279 e. The van der Waals surface area contributed by atoms with Gasteiger partial charge in [0.2, 0.25) is 0 Å². The first-order chi connectivity index (χ1) is 16.1. The molecule has 3 rings (SSSR count). The van der Waals surface area contributed by atoms with Crippen LogP contribution in [0, 0.1) is 0 Å². The molecule has 0 saturated carbocycles. The van der Waals surface area contributed by atoms with Crippen LogP contribution in [0.5, 0.6) is 0 Å². The van der Waals surface area contributed by atoms with E-state index in [0.717, 1.165) is 4.41 Å². The zero-order valence-corrected chi connectivity index (χ0v) is 21.0. The summed E-state index contributed by atoms with van der Waals surface area (Å²) in [4.78, 5) is 16.3. The normalized spacial score (nSPS) is 12.3. The number of Topliss-reactive ketones (excluding diaryl/α,β-unsaturated/α-hetero) is 1. The molecule has 0 aliphatic carbocycles. The van der Waals surface area contributed by atoms with Gasteiger partial charge in [-0.05, 0) is 80.9 Å². The summed E-state index contributed by atoms with van der Waals surface area (Å²) in [7, 11) is -4.13. The highest BCUT2D eigenvalue weighted by atomic mass is 35.5. The molecule has 11 heteroatoms. The number of halogens is 2. The zero-order chi connectivity index (χ0) is 24.9. The minimum absolute atomic E-state index is 0.0589. The van der Waals surface area contributed by atoms with Crippen LogP contribution in [0.2, 0.25) is 10.0 Å². The molecule has 4 N–H and O–H groups in total. The molecule has 0 saturated heterocycles. The molecule has 0 aliphatic heterocycles. The van der Waals surface area contributed by atoms with Crippen molar-refractivity contribution >= 4 is 50.5 Å². The molecule has 0 bridgehead atoms. The van der Waals surface area contributed by atoms with Crippen molar-refractivity contribution in [2.75, 3.05) is 16.3 Å². The van der Waals surface area contributed by atoms with Gasteiger partial charge in [0.15, 0.2) is 11.6 Å². The van der Waals surface area contributed by atoms with Crippen molar-refractivity contribution in [3.8, 4) is 0 Å². The molecule has 34 heavy (non-hydrogen) atoms. The molecular weight excluding hydrogens is 497 g/mol. The molecule has 1 unspecified atom stereocenters. The third-order valence-electron chi connectivity index (χ3n) is 4.86. The van der Waals surface area contributed by atoms with Crippen molar-refractivity contribution in [2.24, 2.45) is 5.73 Å². The van der Waals surface area contributed by atoms with E-state index in [1.807, 2.05) is 0 Å². The highest BCUT2D eigenvalue weighted by molar-refractivity contribution is 7.92. The van der Waals surface area contributed by atoms with Gasteiger partial charge in [-0.25, -0.2) is 4.98 Å². The van der Waals surface area contributed by atoms with Gasteiger partial charge in [0.05, 0.1) is 11.1 Å². The topological polar surface area (TPSA) is 117 Å². The van der Waals surface area contributed by atoms with Crippen molar-refractivity contribution in [2.45, 2.75) is 31.3 Å². The molecule has 0 amide bonds. The number of pyridine rings is 1. The lowest BCUT2D eigenvalue weighted by atomic mass is 10.1. The second-order valence-electron chi connectivity index (χ2n) is 7.49. The maximum absolute atomic E-state index is 13.8. The Morgan fingerprint density at radius 3 is 2.47 bits per heavy atom. The quantitative estimate of drug-likeness (QED) is 0.207. The molecule has 0 radical (unpaired) electrons. The molecule has 3 aromatic rings. The highest BCUT2D eigenvalue weighted by Crippen LogP contribution is 2.27. The molecule has 1 heterocycles. The highest BCUT2D eigenvalue weighted by Gasteiger charge is 2.30. The van der Waals surface area contributed by atoms with Gasteiger partial charge in [-0.1, -0.05) is 29.3 Å². The minimum Gasteiger partial charge on any atom is -0.368 e. The van der Waals surface area contributed by atoms with E-state index in [9.17, 15) is 13.2 Å². The number of carbonyl (C=O) groups excluding carboxylic acids is 1. The molecule has 180 valence electrons. The summed E-state index contributed by atoms with van der Waals surface area (Å²) in [5.41, 5.74) is 10.0. The number of hydrogen-bond donors (Lipinski definition) is 3. The van der Waals surface area contributed by atoms with Gasteiger partial charge in [0, 0.05) is 27.5 Å². The van der Waals surface area contributed by atoms with Crippen LogP contribution in [0.25, 0.3) is 0 Å². The number of sulfonamides is 1. The molecule has 1 aromatic heterocycles. The molecule has 2 aromatic carbocycles. The van der Waals surface area contributed by atoms with Crippen LogP contribution >= 0.6 is 23.2 Å². The van der Waals surface area contributed by atoms with Crippen LogP contribution < -0.4 is 20.9 Å². The molecule has 1 atom stereocenters. The Morgan fingerprint density at radius 1 is 1.12 bits per heavy atom. The molecule has 0 aliphatic rings. The van der Waals surface area contributed by atoms with Gasteiger partial charge in [-0.3, -0.25) is 4.79 Å². The molecule has 0 spiro atoms. The summed E-state index contributed by atoms with van der Waals surface area (Å²) >= 11 is 12.1. The number of hydrogen-bond acceptors (Lipinski definition) is 7. The average molecular weight is 522 g/mol. The monoisotopic (exact) mass is 521 g/mol. The van der Waals surface area contributed by atoms with E-state index >= 15 is 0 Å². The Labute approximate surface area is 209 Å². The zero-order valence-electron chi connectivity index (χ0n) is 18.6. The van der Waals surface area contributed by atoms with E-state index in [-0.39, 0.29) is 23.0 Å². The Bertz CT molecular complexity index is 1270. The molecule has 0 fully saturated rings. The third-order valence-corrected chi connectivity index (χ3v) is 7.05. The number of ketones is 1. The largest absolute Gasteiger partial charge is 0.368 e. The first-order valence-corrected chi connectivity index (χ1v) is 12.6. The van der Waals surface area contributed by atoms with Crippen LogP contribution in [0.4, 0.5) is 11.5 Å². The summed E-state index contributed by atoms with van der Waals surface area (Å²) in [6.45, 7) is 3.40. The Kier molecular flexibility index (Phi) is 8.51. The van der Waals surface area contributed by atoms with E-state index in [0.29, 0.717) is 33.3 Å². The smallest absolute Gasteiger partial charge is 0.279 e. The van der Waals surface area contributed by atoms with E-state index < -0.39 is 16.2 Å². The summed E-state index contributed by atoms with van der Waals surface area (Å²) in [6.07, 6.45) is 1.18. The SMILES string of the molecule is CC(=O)c1cc(Cl)ccc1NC(C)NN(c1ccccn1)S(=O)(=O)c1ccc(Cl)cc1CCN. The number of nitrogens with zero attached hydrogens (tertiary/aromatic N) is 2. The fourth-order valence-electron chi connectivity index (χ4n) is 3.36. The Balaban J connectivity index is 2.00. The number of rotatable bonds is 10. The van der Waals surface area contributed by atoms with E-state index in [2.05, 4.69) is 15.7 Å². The van der Waals surface area contributed by atoms with Crippen molar-refractivity contribution < 1.29 is 13.2 Å². The standard InChI is InChI=1S/C23H25Cl2N5O3S/c1-15(31)20-14-19(25)6-8-21(20)28-16(2)29-30(23-5-3-4-12-27-23)34(32,33)22-9-7-18(24)13-17(22)10-11-26/h3-9,12-14,16,28-29H,10-11,26H2,1-2H3. The maximum atomic E-state index is 13.8. The average Bonchev–Trinajstić information content (AvgIpc) is 2.79. The van der Waals surface area contributed by atoms with Crippen molar-refractivity contribution in [1.82, 2.24) is 10.4 Å². The van der Waals surface area contributed by atoms with Gasteiger partial charge in [-0.2, -0.15) is 18.3 Å². The second kappa shape index (κ2) is 11.2.